The maximum absolute atomic E-state index is 13.5. The summed E-state index contributed by atoms with van der Waals surface area (Å²) < 4.78 is 0. The number of primary amides is 1. The van der Waals surface area contributed by atoms with Crippen LogP contribution >= 0.6 is 0 Å². The first-order valence-corrected chi connectivity index (χ1v) is 18.3. The molecule has 0 aromatic rings. The number of carbonyl (C=O) groups excluding carboxylic acids is 7. The molecule has 0 saturated heterocycles. The molecule has 0 spiro atoms. The molecule has 316 valence electrons. The van der Waals surface area contributed by atoms with Gasteiger partial charge in [0.05, 0.1) is 0 Å². The predicted molar refractivity (Wildman–Crippen MR) is 208 cm³/mol. The lowest BCUT2D eigenvalue weighted by atomic mass is 10.1. The van der Waals surface area contributed by atoms with Gasteiger partial charge in [0.2, 0.25) is 41.4 Å². The number of nitrogens with two attached hydrogens (primary N) is 6. The van der Waals surface area contributed by atoms with Crippen LogP contribution < -0.4 is 66.3 Å². The lowest BCUT2D eigenvalue weighted by Crippen LogP contribution is -2.58. The number of rotatable bonds is 29. The highest BCUT2D eigenvalue weighted by atomic mass is 16.2. The van der Waals surface area contributed by atoms with Crippen molar-refractivity contribution in [1.82, 2.24) is 31.9 Å². The minimum Gasteiger partial charge on any atom is -0.370 e. The smallest absolute Gasteiger partial charge is 0.243 e. The highest BCUT2D eigenvalue weighted by Crippen LogP contribution is 2.07. The number of nitrogens with one attached hydrogen (secondary N) is 6. The molecule has 24 nitrogen and oxygen atoms in total. The van der Waals surface area contributed by atoms with Crippen LogP contribution in [0.3, 0.4) is 0 Å². The highest BCUT2D eigenvalue weighted by molar-refractivity contribution is 5.96. The van der Waals surface area contributed by atoms with Gasteiger partial charge in [-0.2, -0.15) is 0 Å². The van der Waals surface area contributed by atoms with Crippen LogP contribution in [0.15, 0.2) is 15.1 Å². The van der Waals surface area contributed by atoms with Crippen LogP contribution in [0.25, 0.3) is 10.4 Å². The van der Waals surface area contributed by atoms with Crippen molar-refractivity contribution in [3.05, 3.63) is 10.4 Å². The van der Waals surface area contributed by atoms with E-state index in [1.54, 1.807) is 0 Å². The van der Waals surface area contributed by atoms with Crippen molar-refractivity contribution in [2.45, 2.75) is 121 Å². The van der Waals surface area contributed by atoms with Crippen molar-refractivity contribution in [2.75, 3.05) is 26.2 Å². The first kappa shape index (κ1) is 50.1. The van der Waals surface area contributed by atoms with Crippen molar-refractivity contribution in [2.24, 2.45) is 49.5 Å². The summed E-state index contributed by atoms with van der Waals surface area (Å²) in [7, 11) is 0. The van der Waals surface area contributed by atoms with E-state index >= 15 is 0 Å². The topological polar surface area (TPSA) is 421 Å². The summed E-state index contributed by atoms with van der Waals surface area (Å²) in [5.74, 6) is -5.16. The maximum atomic E-state index is 13.5. The van der Waals surface area contributed by atoms with Crippen LogP contribution in [-0.4, -0.2) is 116 Å². The molecule has 7 amide bonds. The molecule has 0 aliphatic heterocycles. The lowest BCUT2D eigenvalue weighted by Gasteiger charge is -2.26. The Kier molecular flexibility index (Phi) is 25.5. The normalized spacial score (nSPS) is 13.7. The second kappa shape index (κ2) is 28.5. The number of guanidine groups is 2. The Hall–Kier alpha value is -5.90. The molecule has 0 aromatic carbocycles. The van der Waals surface area contributed by atoms with Crippen LogP contribution in [-0.2, 0) is 33.6 Å². The van der Waals surface area contributed by atoms with Gasteiger partial charge in [-0.25, -0.2) is 0 Å². The molecule has 0 unspecified atom stereocenters. The monoisotopic (exact) mass is 795 g/mol. The number of hydrogen-bond acceptors (Lipinski definition) is 11. The summed E-state index contributed by atoms with van der Waals surface area (Å²) in [6, 6.07) is -6.78. The second-order valence-corrected chi connectivity index (χ2v) is 12.9. The van der Waals surface area contributed by atoms with Gasteiger partial charge in [0.1, 0.15) is 36.3 Å². The first-order valence-electron chi connectivity index (χ1n) is 18.3. The molecule has 0 aliphatic carbocycles. The van der Waals surface area contributed by atoms with Crippen LogP contribution in [0.5, 0.6) is 0 Å². The van der Waals surface area contributed by atoms with E-state index in [9.17, 15) is 33.6 Å². The zero-order chi connectivity index (χ0) is 42.6. The van der Waals surface area contributed by atoms with E-state index in [4.69, 9.17) is 39.9 Å². The van der Waals surface area contributed by atoms with Crippen molar-refractivity contribution in [3.63, 3.8) is 0 Å². The van der Waals surface area contributed by atoms with Crippen LogP contribution in [0.1, 0.15) is 85.0 Å². The molecule has 56 heavy (non-hydrogen) atoms. The van der Waals surface area contributed by atoms with E-state index in [1.807, 2.05) is 0 Å². The molecule has 0 saturated carbocycles. The van der Waals surface area contributed by atoms with Gasteiger partial charge in [-0.3, -0.25) is 43.5 Å². The largest absolute Gasteiger partial charge is 0.370 e. The van der Waals surface area contributed by atoms with E-state index in [-0.39, 0.29) is 63.7 Å². The number of carbonyl (C=O) groups is 7. The quantitative estimate of drug-likeness (QED) is 0.00865. The molecule has 0 bridgehead atoms. The third kappa shape index (κ3) is 23.0. The fourth-order valence-electron chi connectivity index (χ4n) is 5.04. The molecule has 0 aliphatic rings. The van der Waals surface area contributed by atoms with Gasteiger partial charge in [0, 0.05) is 31.5 Å². The van der Waals surface area contributed by atoms with Crippen LogP contribution in [0.4, 0.5) is 0 Å². The van der Waals surface area contributed by atoms with E-state index in [0.717, 1.165) is 0 Å². The number of nitrogens with zero attached hydrogens (tertiary/aromatic N) is 5. The summed E-state index contributed by atoms with van der Waals surface area (Å²) in [4.78, 5) is 100. The fourth-order valence-corrected chi connectivity index (χ4v) is 5.04. The van der Waals surface area contributed by atoms with E-state index in [1.165, 1.54) is 20.8 Å². The summed E-state index contributed by atoms with van der Waals surface area (Å²) in [5.41, 5.74) is 40.9. The van der Waals surface area contributed by atoms with Crippen molar-refractivity contribution in [1.29, 1.82) is 0 Å². The molecule has 6 atom stereocenters. The summed E-state index contributed by atoms with van der Waals surface area (Å²) in [6.45, 7) is 4.84. The average molecular weight is 796 g/mol. The number of azide groups is 1. The van der Waals surface area contributed by atoms with Crippen molar-refractivity contribution < 1.29 is 33.6 Å². The zero-order valence-corrected chi connectivity index (χ0v) is 32.4. The highest BCUT2D eigenvalue weighted by Gasteiger charge is 2.30. The van der Waals surface area contributed by atoms with Crippen LogP contribution in [0, 0.1) is 0 Å². The Labute approximate surface area is 325 Å². The van der Waals surface area contributed by atoms with E-state index in [2.05, 4.69) is 51.9 Å². The third-order valence-electron chi connectivity index (χ3n) is 8.03. The summed E-state index contributed by atoms with van der Waals surface area (Å²) in [6.07, 6.45) is 2.93. The van der Waals surface area contributed by atoms with Gasteiger partial charge in [0.15, 0.2) is 11.9 Å². The van der Waals surface area contributed by atoms with E-state index < -0.39 is 77.6 Å². The number of unbranched alkanes of at least 4 members (excludes halogenated alkanes) is 2. The second-order valence-electron chi connectivity index (χ2n) is 12.9. The fraction of sp³-hybridized carbons (Fsp3) is 0.719. The first-order chi connectivity index (χ1) is 26.4. The van der Waals surface area contributed by atoms with Gasteiger partial charge < -0.3 is 66.3 Å². The van der Waals surface area contributed by atoms with Gasteiger partial charge in [-0.05, 0) is 83.7 Å². The average Bonchev–Trinajstić information content (AvgIpc) is 3.12. The Morgan fingerprint density at radius 2 is 0.929 bits per heavy atom. The molecular formula is C32H61N17O7. The molecular weight excluding hydrogens is 734 g/mol. The Morgan fingerprint density at radius 3 is 1.36 bits per heavy atom. The Balaban J connectivity index is 5.80. The third-order valence-corrected chi connectivity index (χ3v) is 8.03. The number of amides is 7. The molecule has 0 heterocycles. The maximum Gasteiger partial charge on any atom is 0.243 e. The number of hydrogen-bond donors (Lipinski definition) is 12. The predicted octanol–water partition coefficient (Wildman–Crippen LogP) is -3.84. The van der Waals surface area contributed by atoms with Gasteiger partial charge >= 0.3 is 0 Å². The zero-order valence-electron chi connectivity index (χ0n) is 32.4. The van der Waals surface area contributed by atoms with Crippen LogP contribution in [0.2, 0.25) is 0 Å². The Bertz CT molecular complexity index is 1410. The number of aliphatic imine (C=N–C) groups is 2. The minimum absolute atomic E-state index is 0.0450. The van der Waals surface area contributed by atoms with E-state index in [0.29, 0.717) is 38.6 Å². The molecule has 0 fully saturated rings. The molecule has 0 aromatic heterocycles. The molecule has 0 rings (SSSR count). The van der Waals surface area contributed by atoms with Gasteiger partial charge in [0.25, 0.3) is 0 Å². The molecule has 24 heteroatoms. The Morgan fingerprint density at radius 1 is 0.536 bits per heavy atom. The minimum atomic E-state index is -1.22. The van der Waals surface area contributed by atoms with Crippen molar-refractivity contribution >= 4 is 53.3 Å². The summed E-state index contributed by atoms with van der Waals surface area (Å²) in [5, 5.41) is 18.8. The van der Waals surface area contributed by atoms with Crippen molar-refractivity contribution in [3.8, 4) is 0 Å². The van der Waals surface area contributed by atoms with Gasteiger partial charge in [-0.15, -0.1) is 0 Å². The van der Waals surface area contributed by atoms with Gasteiger partial charge in [-0.1, -0.05) is 11.5 Å². The standard InChI is InChI=1S/C32H61N17O7/c1-18(26(52)46-21(25(34)51)12-8-15-40-31(35)36)43-28(54)23(10-4-6-14-33)47-27(53)19(2)44-29(55)24(13-9-16-41-32(37)38)48-30(56)22(45-20(3)50)11-5-7-17-42-49-39/h18-19,21-24H,4-17,33H2,1-3H3,(H2,34,51)(H,43,54)(H,44,55)(H,45,50)(H,46,52)(H,47,53)(H,48,56)(H4,35,36,40)(H4,37,38,41)/t18-,19-,21-,22-,23-,24-/m0/s1. The lowest BCUT2D eigenvalue weighted by molar-refractivity contribution is -0.135. The molecule has 0 radical (unpaired) electrons. The summed E-state index contributed by atoms with van der Waals surface area (Å²) >= 11 is 0. The molecule has 18 N–H and O–H groups in total. The SMILES string of the molecule is CC(=O)N[C@@H](CCCCN=[N+]=[N-])C(=O)N[C@@H](CCCN=C(N)N)C(=O)N[C@@H](C)C(=O)N[C@@H](CCCCN)C(=O)N[C@@H](C)C(=O)N[C@@H](CCCN=C(N)N)C(N)=O.